The van der Waals surface area contributed by atoms with E-state index in [2.05, 4.69) is 4.98 Å². The Kier molecular flexibility index (Phi) is 1.62. The number of nitrogens with one attached hydrogen (secondary N) is 1. The number of carbonyl (C=O) groups is 1. The standard InChI is InChI=1S/C8H9NO3/c10-8(11)6-3-5-1-2-12-4-7(5)9-6/h3,9H,1-2,4H2,(H,10,11). The van der Waals surface area contributed by atoms with E-state index < -0.39 is 5.97 Å². The molecule has 4 nitrogen and oxygen atoms in total. The minimum atomic E-state index is -0.913. The van der Waals surface area contributed by atoms with Crippen molar-refractivity contribution in [1.29, 1.82) is 0 Å². The Morgan fingerprint density at radius 3 is 3.17 bits per heavy atom. The lowest BCUT2D eigenvalue weighted by molar-refractivity contribution is 0.0690. The molecule has 0 atom stereocenters. The third-order valence-corrected chi connectivity index (χ3v) is 1.98. The predicted molar refractivity (Wildman–Crippen MR) is 41.1 cm³/mol. The van der Waals surface area contributed by atoms with Gasteiger partial charge in [0.2, 0.25) is 0 Å². The van der Waals surface area contributed by atoms with Crippen molar-refractivity contribution < 1.29 is 14.6 Å². The first kappa shape index (κ1) is 7.36. The lowest BCUT2D eigenvalue weighted by atomic mass is 10.1. The Hall–Kier alpha value is -1.29. The van der Waals surface area contributed by atoms with Crippen molar-refractivity contribution in [3.05, 3.63) is 23.0 Å². The topological polar surface area (TPSA) is 62.3 Å². The second-order valence-electron chi connectivity index (χ2n) is 2.79. The molecule has 64 valence electrons. The van der Waals surface area contributed by atoms with E-state index in [1.165, 1.54) is 0 Å². The van der Waals surface area contributed by atoms with Crippen molar-refractivity contribution in [1.82, 2.24) is 4.98 Å². The minimum Gasteiger partial charge on any atom is -0.477 e. The molecule has 0 spiro atoms. The second kappa shape index (κ2) is 2.64. The average molecular weight is 167 g/mol. The Morgan fingerprint density at radius 2 is 2.50 bits per heavy atom. The quantitative estimate of drug-likeness (QED) is 0.649. The highest BCUT2D eigenvalue weighted by atomic mass is 16.5. The first-order valence-corrected chi connectivity index (χ1v) is 3.79. The van der Waals surface area contributed by atoms with Crippen LogP contribution in [-0.2, 0) is 17.8 Å². The highest BCUT2D eigenvalue weighted by Crippen LogP contribution is 2.17. The third kappa shape index (κ3) is 1.10. The van der Waals surface area contributed by atoms with E-state index in [-0.39, 0.29) is 5.69 Å². The van der Waals surface area contributed by atoms with Crippen LogP contribution >= 0.6 is 0 Å². The van der Waals surface area contributed by atoms with Crippen LogP contribution in [0.5, 0.6) is 0 Å². The molecule has 2 rings (SSSR count). The van der Waals surface area contributed by atoms with E-state index in [1.54, 1.807) is 6.07 Å². The number of aromatic carboxylic acids is 1. The van der Waals surface area contributed by atoms with Gasteiger partial charge in [0.1, 0.15) is 5.69 Å². The number of ether oxygens (including phenoxy) is 1. The fourth-order valence-corrected chi connectivity index (χ4v) is 1.36. The number of hydrogen-bond donors (Lipinski definition) is 2. The molecule has 4 heteroatoms. The van der Waals surface area contributed by atoms with E-state index in [0.717, 1.165) is 17.7 Å². The number of aromatic nitrogens is 1. The number of hydrogen-bond acceptors (Lipinski definition) is 2. The molecular formula is C8H9NO3. The van der Waals surface area contributed by atoms with Crippen LogP contribution in [0.2, 0.25) is 0 Å². The van der Waals surface area contributed by atoms with Crippen LogP contribution in [0, 0.1) is 0 Å². The number of aromatic amines is 1. The van der Waals surface area contributed by atoms with Crippen molar-refractivity contribution in [2.75, 3.05) is 6.61 Å². The maximum atomic E-state index is 10.5. The fourth-order valence-electron chi connectivity index (χ4n) is 1.36. The molecular weight excluding hydrogens is 158 g/mol. The largest absolute Gasteiger partial charge is 0.477 e. The average Bonchev–Trinajstić information content (AvgIpc) is 2.46. The van der Waals surface area contributed by atoms with Gasteiger partial charge in [-0.3, -0.25) is 0 Å². The zero-order valence-corrected chi connectivity index (χ0v) is 6.46. The van der Waals surface area contributed by atoms with Gasteiger partial charge in [-0.25, -0.2) is 4.79 Å². The molecule has 0 bridgehead atoms. The zero-order chi connectivity index (χ0) is 8.55. The SMILES string of the molecule is O=C(O)c1cc2c([nH]1)COCC2. The van der Waals surface area contributed by atoms with E-state index in [9.17, 15) is 4.79 Å². The number of carboxylic acid groups (broad SMARTS) is 1. The van der Waals surface area contributed by atoms with E-state index >= 15 is 0 Å². The summed E-state index contributed by atoms with van der Waals surface area (Å²) in [6.45, 7) is 1.19. The summed E-state index contributed by atoms with van der Waals surface area (Å²) in [6, 6.07) is 1.68. The fraction of sp³-hybridized carbons (Fsp3) is 0.375. The molecule has 1 aromatic heterocycles. The molecule has 0 radical (unpaired) electrons. The third-order valence-electron chi connectivity index (χ3n) is 1.98. The van der Waals surface area contributed by atoms with Crippen molar-refractivity contribution in [2.24, 2.45) is 0 Å². The molecule has 12 heavy (non-hydrogen) atoms. The summed E-state index contributed by atoms with van der Waals surface area (Å²) in [7, 11) is 0. The van der Waals surface area contributed by atoms with Crippen LogP contribution in [0.4, 0.5) is 0 Å². The lowest BCUT2D eigenvalue weighted by Crippen LogP contribution is -2.07. The lowest BCUT2D eigenvalue weighted by Gasteiger charge is -2.10. The van der Waals surface area contributed by atoms with E-state index in [1.807, 2.05) is 0 Å². The number of carboxylic acids is 1. The highest BCUT2D eigenvalue weighted by Gasteiger charge is 2.15. The summed E-state index contributed by atoms with van der Waals surface area (Å²) in [5.74, 6) is -0.913. The van der Waals surface area contributed by atoms with Gasteiger partial charge in [0.25, 0.3) is 0 Å². The molecule has 0 saturated heterocycles. The summed E-state index contributed by atoms with van der Waals surface area (Å²) < 4.78 is 5.16. The first-order chi connectivity index (χ1) is 5.77. The number of H-pyrrole nitrogens is 1. The van der Waals surface area contributed by atoms with Crippen molar-refractivity contribution in [3.63, 3.8) is 0 Å². The molecule has 0 aromatic carbocycles. The monoisotopic (exact) mass is 167 g/mol. The summed E-state index contributed by atoms with van der Waals surface area (Å²) in [4.78, 5) is 13.4. The summed E-state index contributed by atoms with van der Waals surface area (Å²) in [5.41, 5.74) is 2.22. The first-order valence-electron chi connectivity index (χ1n) is 3.79. The maximum absolute atomic E-state index is 10.5. The van der Waals surface area contributed by atoms with Gasteiger partial charge >= 0.3 is 5.97 Å². The van der Waals surface area contributed by atoms with E-state index in [0.29, 0.717) is 13.2 Å². The predicted octanol–water partition coefficient (Wildman–Crippen LogP) is 0.786. The summed E-state index contributed by atoms with van der Waals surface area (Å²) in [6.07, 6.45) is 0.805. The molecule has 1 aliphatic rings. The summed E-state index contributed by atoms with van der Waals surface area (Å²) in [5, 5.41) is 8.66. The second-order valence-corrected chi connectivity index (χ2v) is 2.79. The van der Waals surface area contributed by atoms with Crippen molar-refractivity contribution in [2.45, 2.75) is 13.0 Å². The smallest absolute Gasteiger partial charge is 0.352 e. The molecule has 0 unspecified atom stereocenters. The van der Waals surface area contributed by atoms with Crippen LogP contribution in [0.3, 0.4) is 0 Å². The van der Waals surface area contributed by atoms with Crippen molar-refractivity contribution in [3.8, 4) is 0 Å². The van der Waals surface area contributed by atoms with Crippen LogP contribution in [0.25, 0.3) is 0 Å². The Balaban J connectivity index is 2.38. The number of rotatable bonds is 1. The minimum absolute atomic E-state index is 0.255. The van der Waals surface area contributed by atoms with Gasteiger partial charge in [0.15, 0.2) is 0 Å². The highest BCUT2D eigenvalue weighted by molar-refractivity contribution is 5.86. The normalized spacial score (nSPS) is 15.7. The molecule has 2 heterocycles. The van der Waals surface area contributed by atoms with Crippen LogP contribution in [0.15, 0.2) is 6.07 Å². The summed E-state index contributed by atoms with van der Waals surface area (Å²) >= 11 is 0. The molecule has 1 aliphatic heterocycles. The van der Waals surface area contributed by atoms with Gasteiger partial charge in [-0.15, -0.1) is 0 Å². The van der Waals surface area contributed by atoms with Crippen LogP contribution < -0.4 is 0 Å². The number of fused-ring (bicyclic) bond motifs is 1. The van der Waals surface area contributed by atoms with Gasteiger partial charge in [-0.1, -0.05) is 0 Å². The Labute approximate surface area is 69.2 Å². The van der Waals surface area contributed by atoms with Gasteiger partial charge in [-0.05, 0) is 18.1 Å². The molecule has 2 N–H and O–H groups in total. The zero-order valence-electron chi connectivity index (χ0n) is 6.46. The molecule has 0 aliphatic carbocycles. The molecule has 1 aromatic rings. The Bertz CT molecular complexity index is 293. The molecule has 0 saturated carbocycles. The van der Waals surface area contributed by atoms with Crippen LogP contribution in [0.1, 0.15) is 21.7 Å². The maximum Gasteiger partial charge on any atom is 0.352 e. The van der Waals surface area contributed by atoms with Gasteiger partial charge in [0, 0.05) is 5.69 Å². The van der Waals surface area contributed by atoms with Gasteiger partial charge in [-0.2, -0.15) is 0 Å². The Morgan fingerprint density at radius 1 is 1.67 bits per heavy atom. The van der Waals surface area contributed by atoms with Gasteiger partial charge in [0.05, 0.1) is 13.2 Å². The molecule has 0 amide bonds. The van der Waals surface area contributed by atoms with Crippen molar-refractivity contribution >= 4 is 5.97 Å². The van der Waals surface area contributed by atoms with Crippen LogP contribution in [-0.4, -0.2) is 22.7 Å². The van der Waals surface area contributed by atoms with E-state index in [4.69, 9.17) is 9.84 Å². The van der Waals surface area contributed by atoms with Gasteiger partial charge < -0.3 is 14.8 Å². The molecule has 0 fully saturated rings.